The molecule has 1 aromatic carbocycles. The predicted molar refractivity (Wildman–Crippen MR) is 52.1 cm³/mol. The van der Waals surface area contributed by atoms with E-state index in [1.807, 2.05) is 18.2 Å². The van der Waals surface area contributed by atoms with Crippen molar-refractivity contribution in [1.29, 1.82) is 5.26 Å². The molecule has 0 amide bonds. The molecule has 0 aliphatic heterocycles. The zero-order valence-corrected chi connectivity index (χ0v) is 7.40. The summed E-state index contributed by atoms with van der Waals surface area (Å²) in [5, 5.41) is 8.88. The third-order valence-corrected chi connectivity index (χ3v) is 2.53. The summed E-state index contributed by atoms with van der Waals surface area (Å²) in [6.07, 6.45) is 4.19. The van der Waals surface area contributed by atoms with Gasteiger partial charge in [0.25, 0.3) is 0 Å². The molecular weight excluding hydrogens is 158 g/mol. The molecule has 0 saturated heterocycles. The maximum atomic E-state index is 8.88. The SMILES string of the molecule is N#CC1=CCCC1c1ccccc1. The molecule has 0 saturated carbocycles. The summed E-state index contributed by atoms with van der Waals surface area (Å²) in [4.78, 5) is 0. The first-order valence-electron chi connectivity index (χ1n) is 4.57. The maximum absolute atomic E-state index is 8.88. The van der Waals surface area contributed by atoms with Crippen molar-refractivity contribution in [3.8, 4) is 6.07 Å². The third kappa shape index (κ3) is 1.48. The van der Waals surface area contributed by atoms with Crippen molar-refractivity contribution in [3.05, 3.63) is 47.5 Å². The predicted octanol–water partition coefficient (Wildman–Crippen LogP) is 3.01. The van der Waals surface area contributed by atoms with Gasteiger partial charge < -0.3 is 0 Å². The summed E-state index contributed by atoms with van der Waals surface area (Å²) in [7, 11) is 0. The molecule has 0 spiro atoms. The van der Waals surface area contributed by atoms with Crippen LogP contribution in [0.2, 0.25) is 0 Å². The van der Waals surface area contributed by atoms with Crippen LogP contribution in [0, 0.1) is 11.3 Å². The van der Waals surface area contributed by atoms with Gasteiger partial charge in [-0.05, 0) is 18.4 Å². The maximum Gasteiger partial charge on any atom is 0.0950 e. The molecule has 1 nitrogen and oxygen atoms in total. The highest BCUT2D eigenvalue weighted by molar-refractivity contribution is 5.39. The summed E-state index contributed by atoms with van der Waals surface area (Å²) < 4.78 is 0. The topological polar surface area (TPSA) is 23.8 Å². The highest BCUT2D eigenvalue weighted by Gasteiger charge is 2.20. The second kappa shape index (κ2) is 3.45. The molecular formula is C12H11N. The zero-order valence-electron chi connectivity index (χ0n) is 7.40. The van der Waals surface area contributed by atoms with E-state index in [2.05, 4.69) is 24.3 Å². The Balaban J connectivity index is 2.29. The molecule has 1 atom stereocenters. The molecule has 13 heavy (non-hydrogen) atoms. The Morgan fingerprint density at radius 1 is 1.23 bits per heavy atom. The number of nitriles is 1. The highest BCUT2D eigenvalue weighted by Crippen LogP contribution is 2.34. The van der Waals surface area contributed by atoms with E-state index < -0.39 is 0 Å². The first-order chi connectivity index (χ1) is 6.42. The van der Waals surface area contributed by atoms with Crippen LogP contribution in [0.1, 0.15) is 24.3 Å². The normalized spacial score (nSPS) is 20.8. The van der Waals surface area contributed by atoms with Crippen molar-refractivity contribution in [1.82, 2.24) is 0 Å². The van der Waals surface area contributed by atoms with Crippen LogP contribution in [-0.2, 0) is 0 Å². The smallest absolute Gasteiger partial charge is 0.0950 e. The lowest BCUT2D eigenvalue weighted by molar-refractivity contribution is 0.785. The average Bonchev–Trinajstić information content (AvgIpc) is 2.67. The summed E-state index contributed by atoms with van der Waals surface area (Å²) in [5.74, 6) is 0.353. The van der Waals surface area contributed by atoms with Gasteiger partial charge in [-0.15, -0.1) is 0 Å². The van der Waals surface area contributed by atoms with Gasteiger partial charge in [-0.1, -0.05) is 36.4 Å². The quantitative estimate of drug-likeness (QED) is 0.634. The van der Waals surface area contributed by atoms with Crippen molar-refractivity contribution < 1.29 is 0 Å². The van der Waals surface area contributed by atoms with Gasteiger partial charge in [0.2, 0.25) is 0 Å². The standard InChI is InChI=1S/C12H11N/c13-9-11-7-4-8-12(11)10-5-2-1-3-6-10/h1-3,5-7,12H,4,8H2. The second-order valence-electron chi connectivity index (χ2n) is 3.31. The summed E-state index contributed by atoms with van der Waals surface area (Å²) >= 11 is 0. The van der Waals surface area contributed by atoms with Crippen LogP contribution in [0.25, 0.3) is 0 Å². The van der Waals surface area contributed by atoms with Gasteiger partial charge in [-0.25, -0.2) is 0 Å². The first-order valence-corrected chi connectivity index (χ1v) is 4.57. The average molecular weight is 169 g/mol. The lowest BCUT2D eigenvalue weighted by Crippen LogP contribution is -1.95. The lowest BCUT2D eigenvalue weighted by atomic mass is 9.93. The van der Waals surface area contributed by atoms with Gasteiger partial charge in [-0.2, -0.15) is 5.26 Å². The summed E-state index contributed by atoms with van der Waals surface area (Å²) in [6, 6.07) is 12.5. The highest BCUT2D eigenvalue weighted by atomic mass is 14.3. The van der Waals surface area contributed by atoms with Gasteiger partial charge in [0, 0.05) is 11.5 Å². The van der Waals surface area contributed by atoms with E-state index >= 15 is 0 Å². The van der Waals surface area contributed by atoms with Crippen LogP contribution in [0.15, 0.2) is 42.0 Å². The largest absolute Gasteiger partial charge is 0.193 e. The van der Waals surface area contributed by atoms with E-state index in [9.17, 15) is 0 Å². The molecule has 1 aromatic rings. The fourth-order valence-corrected chi connectivity index (χ4v) is 1.86. The zero-order chi connectivity index (χ0) is 9.10. The summed E-state index contributed by atoms with van der Waals surface area (Å²) in [5.41, 5.74) is 2.21. The first kappa shape index (κ1) is 8.07. The van der Waals surface area contributed by atoms with Crippen LogP contribution >= 0.6 is 0 Å². The molecule has 0 bridgehead atoms. The third-order valence-electron chi connectivity index (χ3n) is 2.53. The van der Waals surface area contributed by atoms with E-state index in [0.717, 1.165) is 18.4 Å². The van der Waals surface area contributed by atoms with E-state index in [0.29, 0.717) is 5.92 Å². The van der Waals surface area contributed by atoms with Crippen molar-refractivity contribution in [2.75, 3.05) is 0 Å². The molecule has 1 aliphatic rings. The fraction of sp³-hybridized carbons (Fsp3) is 0.250. The van der Waals surface area contributed by atoms with Crippen molar-refractivity contribution in [3.63, 3.8) is 0 Å². The molecule has 0 radical (unpaired) electrons. The lowest BCUT2D eigenvalue weighted by Gasteiger charge is -2.09. The molecule has 1 unspecified atom stereocenters. The number of benzene rings is 1. The van der Waals surface area contributed by atoms with E-state index in [4.69, 9.17) is 5.26 Å². The fourth-order valence-electron chi connectivity index (χ4n) is 1.86. The molecule has 0 heterocycles. The Hall–Kier alpha value is -1.55. The molecule has 0 fully saturated rings. The van der Waals surface area contributed by atoms with Crippen molar-refractivity contribution in [2.24, 2.45) is 0 Å². The minimum Gasteiger partial charge on any atom is -0.193 e. The molecule has 1 heteroatoms. The van der Waals surface area contributed by atoms with Crippen LogP contribution < -0.4 is 0 Å². The Bertz CT molecular complexity index is 356. The van der Waals surface area contributed by atoms with Gasteiger partial charge in [0.15, 0.2) is 0 Å². The number of nitrogens with zero attached hydrogens (tertiary/aromatic N) is 1. The monoisotopic (exact) mass is 169 g/mol. The number of allylic oxidation sites excluding steroid dienone is 2. The Morgan fingerprint density at radius 3 is 2.69 bits per heavy atom. The second-order valence-corrected chi connectivity index (χ2v) is 3.31. The molecule has 0 aromatic heterocycles. The van der Waals surface area contributed by atoms with Gasteiger partial charge >= 0.3 is 0 Å². The number of hydrogen-bond donors (Lipinski definition) is 0. The van der Waals surface area contributed by atoms with Crippen LogP contribution in [0.3, 0.4) is 0 Å². The van der Waals surface area contributed by atoms with Crippen molar-refractivity contribution >= 4 is 0 Å². The molecule has 2 rings (SSSR count). The van der Waals surface area contributed by atoms with Gasteiger partial charge in [-0.3, -0.25) is 0 Å². The van der Waals surface area contributed by atoms with Crippen LogP contribution in [-0.4, -0.2) is 0 Å². The van der Waals surface area contributed by atoms with E-state index in [1.54, 1.807) is 0 Å². The number of rotatable bonds is 1. The summed E-state index contributed by atoms with van der Waals surface area (Å²) in [6.45, 7) is 0. The number of hydrogen-bond acceptors (Lipinski definition) is 1. The van der Waals surface area contributed by atoms with Gasteiger partial charge in [0.1, 0.15) is 0 Å². The minimum atomic E-state index is 0.353. The van der Waals surface area contributed by atoms with E-state index in [1.165, 1.54) is 5.56 Å². The molecule has 64 valence electrons. The van der Waals surface area contributed by atoms with Crippen LogP contribution in [0.5, 0.6) is 0 Å². The Morgan fingerprint density at radius 2 is 2.00 bits per heavy atom. The Kier molecular flexibility index (Phi) is 2.14. The van der Waals surface area contributed by atoms with E-state index in [-0.39, 0.29) is 0 Å². The van der Waals surface area contributed by atoms with Crippen molar-refractivity contribution in [2.45, 2.75) is 18.8 Å². The van der Waals surface area contributed by atoms with Crippen LogP contribution in [0.4, 0.5) is 0 Å². The minimum absolute atomic E-state index is 0.353. The molecule has 1 aliphatic carbocycles. The molecule has 0 N–H and O–H groups in total. The van der Waals surface area contributed by atoms with Gasteiger partial charge in [0.05, 0.1) is 6.07 Å². The Labute approximate surface area is 78.3 Å².